The van der Waals surface area contributed by atoms with Gasteiger partial charge in [0.2, 0.25) is 5.82 Å². The molecule has 0 fully saturated rings. The number of halogens is 3. The average Bonchev–Trinajstić information content (AvgIpc) is 3.18. The Morgan fingerprint density at radius 3 is 2.37 bits per heavy atom. The van der Waals surface area contributed by atoms with Crippen molar-refractivity contribution in [2.45, 2.75) is 6.92 Å². The van der Waals surface area contributed by atoms with E-state index in [-0.39, 0.29) is 5.82 Å². The topological polar surface area (TPSA) is 59.8 Å². The summed E-state index contributed by atoms with van der Waals surface area (Å²) in [5.74, 6) is 0.0765. The van der Waals surface area contributed by atoms with Gasteiger partial charge in [0.15, 0.2) is 5.82 Å². The van der Waals surface area contributed by atoms with Gasteiger partial charge in [0, 0.05) is 16.3 Å². The Bertz CT molecular complexity index is 1240. The van der Waals surface area contributed by atoms with Crippen LogP contribution in [0.3, 0.4) is 0 Å². The van der Waals surface area contributed by atoms with Crippen LogP contribution >= 0.6 is 34.8 Å². The molecular formula is C22H15Cl3N4O. The molecule has 0 aliphatic rings. The Labute approximate surface area is 188 Å². The summed E-state index contributed by atoms with van der Waals surface area (Å²) in [6, 6.07) is 19.7. The van der Waals surface area contributed by atoms with Crippen molar-refractivity contribution in [1.29, 1.82) is 0 Å². The second-order valence-electron chi connectivity index (χ2n) is 6.55. The van der Waals surface area contributed by atoms with Crippen LogP contribution in [0.4, 0.5) is 5.69 Å². The third kappa shape index (κ3) is 4.19. The van der Waals surface area contributed by atoms with Gasteiger partial charge in [-0.25, -0.2) is 9.67 Å². The zero-order chi connectivity index (χ0) is 21.3. The summed E-state index contributed by atoms with van der Waals surface area (Å²) in [5.41, 5.74) is 3.00. The molecule has 30 heavy (non-hydrogen) atoms. The minimum atomic E-state index is -0.418. The van der Waals surface area contributed by atoms with Crippen LogP contribution in [0.2, 0.25) is 15.1 Å². The van der Waals surface area contributed by atoms with E-state index in [4.69, 9.17) is 34.8 Å². The Kier molecular flexibility index (Phi) is 5.77. The van der Waals surface area contributed by atoms with E-state index >= 15 is 0 Å². The number of rotatable bonds is 4. The second kappa shape index (κ2) is 8.48. The molecule has 0 aliphatic heterocycles. The molecule has 0 bridgehead atoms. The van der Waals surface area contributed by atoms with E-state index in [9.17, 15) is 4.79 Å². The van der Waals surface area contributed by atoms with E-state index in [1.54, 1.807) is 35.0 Å². The zero-order valence-electron chi connectivity index (χ0n) is 15.7. The predicted octanol–water partition coefficient (Wildman–Crippen LogP) is 6.46. The Morgan fingerprint density at radius 1 is 0.933 bits per heavy atom. The van der Waals surface area contributed by atoms with Crippen molar-refractivity contribution in [3.8, 4) is 17.1 Å². The van der Waals surface area contributed by atoms with E-state index in [1.807, 2.05) is 43.3 Å². The molecule has 0 radical (unpaired) electrons. The van der Waals surface area contributed by atoms with E-state index in [0.29, 0.717) is 32.3 Å². The van der Waals surface area contributed by atoms with Crippen LogP contribution in [0, 0.1) is 6.92 Å². The van der Waals surface area contributed by atoms with E-state index in [0.717, 1.165) is 11.1 Å². The highest BCUT2D eigenvalue weighted by Crippen LogP contribution is 2.28. The third-order valence-electron chi connectivity index (χ3n) is 4.45. The highest BCUT2D eigenvalue weighted by atomic mass is 35.5. The average molecular weight is 458 g/mol. The molecule has 8 heteroatoms. The summed E-state index contributed by atoms with van der Waals surface area (Å²) >= 11 is 18.2. The molecule has 1 amide bonds. The molecular weight excluding hydrogens is 443 g/mol. The maximum Gasteiger partial charge on any atom is 0.295 e. The number of aryl methyl sites for hydroxylation is 1. The molecule has 3 aromatic carbocycles. The zero-order valence-corrected chi connectivity index (χ0v) is 18.0. The van der Waals surface area contributed by atoms with Gasteiger partial charge in [-0.1, -0.05) is 53.0 Å². The minimum absolute atomic E-state index is 0.0225. The number of aromatic nitrogens is 3. The number of carbonyl (C=O) groups is 1. The number of carbonyl (C=O) groups excluding carboxylic acids is 1. The molecule has 1 aromatic heterocycles. The Hall–Kier alpha value is -2.86. The van der Waals surface area contributed by atoms with E-state index < -0.39 is 5.91 Å². The van der Waals surface area contributed by atoms with Crippen molar-refractivity contribution in [3.05, 3.63) is 93.2 Å². The summed E-state index contributed by atoms with van der Waals surface area (Å²) in [6.07, 6.45) is 0. The molecule has 1 heterocycles. The van der Waals surface area contributed by atoms with Gasteiger partial charge < -0.3 is 5.32 Å². The van der Waals surface area contributed by atoms with Crippen molar-refractivity contribution < 1.29 is 4.79 Å². The SMILES string of the molecule is Cc1ccccc1NC(=O)c1nc(-c2ccc(Cl)cc2)n(-c2ccc(Cl)c(Cl)c2)n1. The molecule has 0 spiro atoms. The van der Waals surface area contributed by atoms with Gasteiger partial charge in [-0.15, -0.1) is 5.10 Å². The van der Waals surface area contributed by atoms with Crippen molar-refractivity contribution in [2.75, 3.05) is 5.32 Å². The normalized spacial score (nSPS) is 10.8. The number of nitrogens with one attached hydrogen (secondary N) is 1. The number of benzene rings is 3. The molecule has 5 nitrogen and oxygen atoms in total. The monoisotopic (exact) mass is 456 g/mol. The molecule has 0 aliphatic carbocycles. The first kappa shape index (κ1) is 20.4. The summed E-state index contributed by atoms with van der Waals surface area (Å²) in [7, 11) is 0. The summed E-state index contributed by atoms with van der Waals surface area (Å²) in [5, 5.41) is 8.68. The van der Waals surface area contributed by atoms with Crippen LogP contribution in [0.1, 0.15) is 16.2 Å². The molecule has 4 aromatic rings. The van der Waals surface area contributed by atoms with E-state index in [2.05, 4.69) is 15.4 Å². The van der Waals surface area contributed by atoms with Crippen LogP contribution in [0.5, 0.6) is 0 Å². The van der Waals surface area contributed by atoms with Crippen molar-refractivity contribution in [3.63, 3.8) is 0 Å². The van der Waals surface area contributed by atoms with Crippen molar-refractivity contribution in [1.82, 2.24) is 14.8 Å². The number of para-hydroxylation sites is 1. The standard InChI is InChI=1S/C22H15Cl3N4O/c1-13-4-2-3-5-19(13)26-22(30)20-27-21(14-6-8-15(23)9-7-14)29(28-20)16-10-11-17(24)18(25)12-16/h2-12H,1H3,(H,26,30). The third-order valence-corrected chi connectivity index (χ3v) is 5.44. The number of hydrogen-bond donors (Lipinski definition) is 1. The number of anilines is 1. The summed E-state index contributed by atoms with van der Waals surface area (Å²) in [4.78, 5) is 17.3. The quantitative estimate of drug-likeness (QED) is 0.383. The largest absolute Gasteiger partial charge is 0.319 e. The van der Waals surface area contributed by atoms with Crippen LogP contribution in [-0.2, 0) is 0 Å². The summed E-state index contributed by atoms with van der Waals surface area (Å²) < 4.78 is 1.55. The van der Waals surface area contributed by atoms with Gasteiger partial charge in [-0.05, 0) is 61.0 Å². The second-order valence-corrected chi connectivity index (χ2v) is 7.80. The molecule has 0 saturated heterocycles. The Balaban J connectivity index is 1.79. The first-order valence-electron chi connectivity index (χ1n) is 8.98. The fourth-order valence-corrected chi connectivity index (χ4v) is 3.30. The summed E-state index contributed by atoms with van der Waals surface area (Å²) in [6.45, 7) is 1.91. The lowest BCUT2D eigenvalue weighted by molar-refractivity contribution is 0.101. The number of amides is 1. The molecule has 0 saturated carbocycles. The van der Waals surface area contributed by atoms with Gasteiger partial charge in [0.05, 0.1) is 15.7 Å². The van der Waals surface area contributed by atoms with Crippen LogP contribution in [0.25, 0.3) is 17.1 Å². The van der Waals surface area contributed by atoms with Crippen molar-refractivity contribution in [2.24, 2.45) is 0 Å². The first-order chi connectivity index (χ1) is 14.4. The molecule has 1 N–H and O–H groups in total. The van der Waals surface area contributed by atoms with Crippen LogP contribution in [-0.4, -0.2) is 20.7 Å². The lowest BCUT2D eigenvalue weighted by Crippen LogP contribution is -2.15. The smallest absolute Gasteiger partial charge is 0.295 e. The maximum absolute atomic E-state index is 12.9. The molecule has 0 unspecified atom stereocenters. The highest BCUT2D eigenvalue weighted by molar-refractivity contribution is 6.42. The van der Waals surface area contributed by atoms with Gasteiger partial charge in [0.1, 0.15) is 0 Å². The lowest BCUT2D eigenvalue weighted by atomic mass is 10.2. The van der Waals surface area contributed by atoms with Crippen molar-refractivity contribution >= 4 is 46.4 Å². The first-order valence-corrected chi connectivity index (χ1v) is 10.1. The van der Waals surface area contributed by atoms with Gasteiger partial charge in [-0.3, -0.25) is 4.79 Å². The van der Waals surface area contributed by atoms with Crippen LogP contribution in [0.15, 0.2) is 66.7 Å². The predicted molar refractivity (Wildman–Crippen MR) is 121 cm³/mol. The van der Waals surface area contributed by atoms with E-state index in [1.165, 1.54) is 0 Å². The Morgan fingerprint density at radius 2 is 1.67 bits per heavy atom. The molecule has 150 valence electrons. The molecule has 0 atom stereocenters. The molecule has 4 rings (SSSR count). The fraction of sp³-hybridized carbons (Fsp3) is 0.0455. The highest BCUT2D eigenvalue weighted by Gasteiger charge is 2.20. The maximum atomic E-state index is 12.9. The van der Waals surface area contributed by atoms with Gasteiger partial charge in [-0.2, -0.15) is 0 Å². The van der Waals surface area contributed by atoms with Gasteiger partial charge >= 0.3 is 0 Å². The lowest BCUT2D eigenvalue weighted by Gasteiger charge is -2.07. The number of nitrogens with zero attached hydrogens (tertiary/aromatic N) is 3. The minimum Gasteiger partial charge on any atom is -0.319 e. The number of hydrogen-bond acceptors (Lipinski definition) is 3. The fourth-order valence-electron chi connectivity index (χ4n) is 2.88. The van der Waals surface area contributed by atoms with Gasteiger partial charge in [0.25, 0.3) is 5.91 Å². The van der Waals surface area contributed by atoms with Crippen LogP contribution < -0.4 is 5.32 Å².